The quantitative estimate of drug-likeness (QED) is 0.724. The topological polar surface area (TPSA) is 66.4 Å². The van der Waals surface area contributed by atoms with E-state index in [0.717, 1.165) is 17.9 Å². The third-order valence-electron chi connectivity index (χ3n) is 3.25. The monoisotopic (exact) mass is 337 g/mol. The molecule has 4 nitrogen and oxygen atoms in total. The van der Waals surface area contributed by atoms with E-state index in [1.54, 1.807) is 30.4 Å². The Balaban J connectivity index is 2.40. The Morgan fingerprint density at radius 3 is 2.55 bits per heavy atom. The van der Waals surface area contributed by atoms with Crippen LogP contribution in [0.1, 0.15) is 33.6 Å². The van der Waals surface area contributed by atoms with E-state index in [0.29, 0.717) is 12.3 Å². The van der Waals surface area contributed by atoms with E-state index in [2.05, 4.69) is 5.32 Å². The van der Waals surface area contributed by atoms with Gasteiger partial charge in [-0.1, -0.05) is 11.8 Å². The molecule has 0 saturated carbocycles. The van der Waals surface area contributed by atoms with Crippen LogP contribution in [-0.4, -0.2) is 49.6 Å². The highest BCUT2D eigenvalue weighted by Gasteiger charge is 2.46. The second-order valence-corrected chi connectivity index (χ2v) is 9.59. The average molecular weight is 338 g/mol. The number of aliphatic hydroxyl groups is 1. The molecule has 1 atom stereocenters. The lowest BCUT2D eigenvalue weighted by Crippen LogP contribution is -2.47. The largest absolute Gasteiger partial charge is 0.387 e. The summed E-state index contributed by atoms with van der Waals surface area (Å²) in [6.07, 6.45) is 1.30. The van der Waals surface area contributed by atoms with Crippen LogP contribution >= 0.6 is 35.3 Å². The van der Waals surface area contributed by atoms with Gasteiger partial charge in [0.15, 0.2) is 5.12 Å². The summed E-state index contributed by atoms with van der Waals surface area (Å²) in [6.45, 7) is 5.71. The van der Waals surface area contributed by atoms with E-state index in [4.69, 9.17) is 0 Å². The zero-order chi connectivity index (χ0) is 15.2. The number of rotatable bonds is 6. The highest BCUT2D eigenvalue weighted by atomic mass is 32.2. The van der Waals surface area contributed by atoms with Crippen LogP contribution < -0.4 is 5.32 Å². The van der Waals surface area contributed by atoms with Gasteiger partial charge in [0.2, 0.25) is 5.91 Å². The second-order valence-electron chi connectivity index (χ2n) is 5.15. The summed E-state index contributed by atoms with van der Waals surface area (Å²) in [7, 11) is 0. The van der Waals surface area contributed by atoms with Crippen molar-refractivity contribution in [2.75, 3.05) is 23.8 Å². The number of hydrogen-bond acceptors (Lipinski definition) is 6. The summed E-state index contributed by atoms with van der Waals surface area (Å²) in [6, 6.07) is 0. The molecule has 0 spiro atoms. The number of carbonyl (C=O) groups is 2. The third-order valence-corrected chi connectivity index (χ3v) is 7.80. The molecular formula is C13H23NO3S3. The van der Waals surface area contributed by atoms with Gasteiger partial charge in [-0.25, -0.2) is 0 Å². The fraction of sp³-hybridized carbons (Fsp3) is 0.846. The van der Waals surface area contributed by atoms with Gasteiger partial charge in [0.05, 0.1) is 9.68 Å². The third kappa shape index (κ3) is 5.50. The van der Waals surface area contributed by atoms with Gasteiger partial charge in [-0.15, -0.1) is 23.5 Å². The smallest absolute Gasteiger partial charge is 0.216 e. The molecule has 2 N–H and O–H groups in total. The Morgan fingerprint density at radius 1 is 1.40 bits per heavy atom. The predicted octanol–water partition coefficient (Wildman–Crippen LogP) is 2.11. The Hall–Kier alpha value is 0.150. The van der Waals surface area contributed by atoms with E-state index in [1.165, 1.54) is 18.7 Å². The molecule has 0 bridgehead atoms. The molecule has 1 rings (SSSR count). The van der Waals surface area contributed by atoms with Crippen molar-refractivity contribution in [2.45, 2.75) is 43.3 Å². The van der Waals surface area contributed by atoms with E-state index in [1.807, 2.05) is 6.92 Å². The standard InChI is InChI=1S/C13H23NO3S3/c1-10(15)14-5-8-18-11(16)9-12(2,17)13(3)19-6-4-7-20-13/h17H,4-9H2,1-3H3,(H,14,15)/t12-/m0/s1. The fourth-order valence-corrected chi connectivity index (χ4v) is 5.78. The zero-order valence-electron chi connectivity index (χ0n) is 12.2. The molecule has 0 unspecified atom stereocenters. The lowest BCUT2D eigenvalue weighted by molar-refractivity contribution is -0.119. The van der Waals surface area contributed by atoms with Crippen LogP contribution in [0.4, 0.5) is 0 Å². The highest BCUT2D eigenvalue weighted by Crippen LogP contribution is 2.50. The minimum absolute atomic E-state index is 0.0200. The van der Waals surface area contributed by atoms with Crippen molar-refractivity contribution in [2.24, 2.45) is 0 Å². The first-order valence-electron chi connectivity index (χ1n) is 6.67. The molecule has 1 heterocycles. The van der Waals surface area contributed by atoms with Crippen LogP contribution in [0.3, 0.4) is 0 Å². The van der Waals surface area contributed by atoms with Gasteiger partial charge >= 0.3 is 0 Å². The first-order valence-corrected chi connectivity index (χ1v) is 9.63. The minimum atomic E-state index is -1.01. The van der Waals surface area contributed by atoms with Crippen molar-refractivity contribution in [3.05, 3.63) is 0 Å². The van der Waals surface area contributed by atoms with E-state index >= 15 is 0 Å². The molecule has 0 radical (unpaired) electrons. The molecule has 7 heteroatoms. The lowest BCUT2D eigenvalue weighted by atomic mass is 9.99. The number of thioether (sulfide) groups is 3. The van der Waals surface area contributed by atoms with Gasteiger partial charge in [-0.05, 0) is 31.8 Å². The van der Waals surface area contributed by atoms with Gasteiger partial charge in [-0.2, -0.15) is 0 Å². The Bertz CT molecular complexity index is 355. The number of nitrogens with one attached hydrogen (secondary N) is 1. The van der Waals surface area contributed by atoms with E-state index < -0.39 is 5.60 Å². The van der Waals surface area contributed by atoms with Gasteiger partial charge < -0.3 is 10.4 Å². The Morgan fingerprint density at radius 2 is 2.00 bits per heavy atom. The molecule has 1 amide bonds. The van der Waals surface area contributed by atoms with Gasteiger partial charge in [0.25, 0.3) is 0 Å². The predicted molar refractivity (Wildman–Crippen MR) is 89.3 cm³/mol. The van der Waals surface area contributed by atoms with Gasteiger partial charge in [-0.3, -0.25) is 9.59 Å². The van der Waals surface area contributed by atoms with E-state index in [-0.39, 0.29) is 21.5 Å². The van der Waals surface area contributed by atoms with Crippen LogP contribution in [0.2, 0.25) is 0 Å². The van der Waals surface area contributed by atoms with Crippen LogP contribution in [0, 0.1) is 0 Å². The molecule has 1 aliphatic heterocycles. The molecule has 116 valence electrons. The number of carbonyl (C=O) groups excluding carboxylic acids is 2. The maximum Gasteiger partial charge on any atom is 0.216 e. The summed E-state index contributed by atoms with van der Waals surface area (Å²) in [4.78, 5) is 22.7. The SMILES string of the molecule is CC(=O)NCCSC(=O)C[C@](C)(O)C1(C)SCCCS1. The maximum atomic E-state index is 12.0. The van der Waals surface area contributed by atoms with Crippen molar-refractivity contribution in [1.82, 2.24) is 5.32 Å². The lowest BCUT2D eigenvalue weighted by Gasteiger charge is -2.43. The van der Waals surface area contributed by atoms with Crippen molar-refractivity contribution >= 4 is 46.3 Å². The van der Waals surface area contributed by atoms with Gasteiger partial charge in [0, 0.05) is 25.6 Å². The first kappa shape index (κ1) is 18.2. The van der Waals surface area contributed by atoms with Crippen LogP contribution in [0.5, 0.6) is 0 Å². The summed E-state index contributed by atoms with van der Waals surface area (Å²) >= 11 is 4.66. The van der Waals surface area contributed by atoms with Crippen LogP contribution in [-0.2, 0) is 9.59 Å². The van der Waals surface area contributed by atoms with Crippen LogP contribution in [0.25, 0.3) is 0 Å². The Labute approximate surface area is 133 Å². The normalized spacial score (nSPS) is 21.0. The van der Waals surface area contributed by atoms with E-state index in [9.17, 15) is 14.7 Å². The van der Waals surface area contributed by atoms with Crippen molar-refractivity contribution < 1.29 is 14.7 Å². The van der Waals surface area contributed by atoms with Crippen molar-refractivity contribution in [3.8, 4) is 0 Å². The number of amides is 1. The Kier molecular flexibility index (Phi) is 7.24. The van der Waals surface area contributed by atoms with Crippen molar-refractivity contribution in [1.29, 1.82) is 0 Å². The number of hydrogen-bond donors (Lipinski definition) is 2. The van der Waals surface area contributed by atoms with Crippen molar-refractivity contribution in [3.63, 3.8) is 0 Å². The zero-order valence-corrected chi connectivity index (χ0v) is 14.7. The van der Waals surface area contributed by atoms with Crippen LogP contribution in [0.15, 0.2) is 0 Å². The highest BCUT2D eigenvalue weighted by molar-refractivity contribution is 8.18. The molecule has 0 aromatic carbocycles. The summed E-state index contributed by atoms with van der Waals surface area (Å²) in [5.41, 5.74) is -1.01. The molecule has 1 fully saturated rings. The summed E-state index contributed by atoms with van der Waals surface area (Å²) in [5, 5.41) is 13.3. The fourth-order valence-electron chi connectivity index (χ4n) is 1.83. The molecule has 1 aliphatic rings. The average Bonchev–Trinajstić information content (AvgIpc) is 2.34. The molecule has 0 aromatic heterocycles. The molecular weight excluding hydrogens is 314 g/mol. The molecule has 0 aliphatic carbocycles. The second kappa shape index (κ2) is 7.96. The molecule has 0 aromatic rings. The maximum absolute atomic E-state index is 12.0. The minimum Gasteiger partial charge on any atom is -0.387 e. The molecule has 1 saturated heterocycles. The first-order chi connectivity index (χ1) is 9.27. The summed E-state index contributed by atoms with van der Waals surface area (Å²) < 4.78 is -0.320. The molecule has 20 heavy (non-hydrogen) atoms. The van der Waals surface area contributed by atoms with Gasteiger partial charge in [0.1, 0.15) is 0 Å². The summed E-state index contributed by atoms with van der Waals surface area (Å²) in [5.74, 6) is 2.52.